The monoisotopic (exact) mass is 184 g/mol. The Kier molecular flexibility index (Phi) is 3.97. The van der Waals surface area contributed by atoms with Gasteiger partial charge in [-0.15, -0.1) is 5.73 Å². The summed E-state index contributed by atoms with van der Waals surface area (Å²) in [6.45, 7) is 7.88. The Morgan fingerprint density at radius 1 is 1.43 bits per heavy atom. The standard InChI is InChI=1S/C14H16/c1-12(2)8-4-6-10-14-11-7-5-9-13(14)3/h5-9,11H,1,10H2,2-3H3. The quantitative estimate of drug-likeness (QED) is 0.495. The van der Waals surface area contributed by atoms with Crippen LogP contribution in [0.3, 0.4) is 0 Å². The van der Waals surface area contributed by atoms with Crippen LogP contribution in [0, 0.1) is 6.92 Å². The Balaban J connectivity index is 2.67. The number of benzene rings is 1. The van der Waals surface area contributed by atoms with Crippen molar-refractivity contribution in [2.45, 2.75) is 20.3 Å². The molecule has 72 valence electrons. The van der Waals surface area contributed by atoms with Crippen molar-refractivity contribution in [2.24, 2.45) is 0 Å². The van der Waals surface area contributed by atoms with E-state index < -0.39 is 0 Å². The van der Waals surface area contributed by atoms with Gasteiger partial charge in [0, 0.05) is 0 Å². The van der Waals surface area contributed by atoms with E-state index in [1.165, 1.54) is 11.1 Å². The molecule has 0 saturated heterocycles. The van der Waals surface area contributed by atoms with Crippen LogP contribution in [0.5, 0.6) is 0 Å². The summed E-state index contributed by atoms with van der Waals surface area (Å²) in [4.78, 5) is 0. The van der Waals surface area contributed by atoms with Crippen LogP contribution in [-0.4, -0.2) is 0 Å². The number of aryl methyl sites for hydroxylation is 1. The molecule has 0 aliphatic heterocycles. The van der Waals surface area contributed by atoms with E-state index in [2.05, 4.69) is 43.5 Å². The van der Waals surface area contributed by atoms with E-state index in [0.29, 0.717) is 0 Å². The lowest BCUT2D eigenvalue weighted by molar-refractivity contribution is 1.22. The molecule has 0 spiro atoms. The summed E-state index contributed by atoms with van der Waals surface area (Å²) >= 11 is 0. The Bertz CT molecular complexity index is 377. The molecule has 0 radical (unpaired) electrons. The lowest BCUT2D eigenvalue weighted by atomic mass is 10.1. The van der Waals surface area contributed by atoms with Crippen LogP contribution in [-0.2, 0) is 6.42 Å². The Morgan fingerprint density at radius 3 is 2.79 bits per heavy atom. The second-order valence-corrected chi connectivity index (χ2v) is 3.49. The first-order valence-corrected chi connectivity index (χ1v) is 4.81. The molecule has 0 heteroatoms. The summed E-state index contributed by atoms with van der Waals surface area (Å²) in [6, 6.07) is 8.41. The molecule has 14 heavy (non-hydrogen) atoms. The second-order valence-electron chi connectivity index (χ2n) is 3.49. The molecule has 0 N–H and O–H groups in total. The van der Waals surface area contributed by atoms with Gasteiger partial charge in [0.1, 0.15) is 0 Å². The van der Waals surface area contributed by atoms with Crippen molar-refractivity contribution in [3.8, 4) is 0 Å². The van der Waals surface area contributed by atoms with Crippen LogP contribution >= 0.6 is 0 Å². The van der Waals surface area contributed by atoms with Crippen LogP contribution in [0.2, 0.25) is 0 Å². The first-order valence-electron chi connectivity index (χ1n) is 4.81. The van der Waals surface area contributed by atoms with Crippen molar-refractivity contribution >= 4 is 0 Å². The van der Waals surface area contributed by atoms with Crippen molar-refractivity contribution < 1.29 is 0 Å². The molecule has 0 heterocycles. The van der Waals surface area contributed by atoms with E-state index in [9.17, 15) is 0 Å². The summed E-state index contributed by atoms with van der Waals surface area (Å²) in [5.74, 6) is 0. The zero-order valence-corrected chi connectivity index (χ0v) is 8.88. The van der Waals surface area contributed by atoms with Gasteiger partial charge in [0.15, 0.2) is 0 Å². The topological polar surface area (TPSA) is 0 Å². The number of hydrogen-bond acceptors (Lipinski definition) is 0. The fourth-order valence-electron chi connectivity index (χ4n) is 1.21. The highest BCUT2D eigenvalue weighted by atomic mass is 14.0. The molecule has 0 saturated carbocycles. The van der Waals surface area contributed by atoms with Gasteiger partial charge in [-0.25, -0.2) is 0 Å². The lowest BCUT2D eigenvalue weighted by Gasteiger charge is -1.99. The molecule has 0 nitrogen and oxygen atoms in total. The number of allylic oxidation sites excluding steroid dienone is 2. The summed E-state index contributed by atoms with van der Waals surface area (Å²) in [6.07, 6.45) is 4.88. The Labute approximate surface area is 86.3 Å². The average molecular weight is 184 g/mol. The molecule has 0 amide bonds. The third-order valence-corrected chi connectivity index (χ3v) is 2.03. The highest BCUT2D eigenvalue weighted by molar-refractivity contribution is 5.27. The first-order chi connectivity index (χ1) is 6.70. The van der Waals surface area contributed by atoms with E-state index >= 15 is 0 Å². The molecular weight excluding hydrogens is 168 g/mol. The van der Waals surface area contributed by atoms with Gasteiger partial charge in [-0.3, -0.25) is 0 Å². The predicted molar refractivity (Wildman–Crippen MR) is 62.4 cm³/mol. The third-order valence-electron chi connectivity index (χ3n) is 2.03. The zero-order valence-electron chi connectivity index (χ0n) is 8.88. The van der Waals surface area contributed by atoms with Gasteiger partial charge in [-0.1, -0.05) is 36.4 Å². The van der Waals surface area contributed by atoms with Crippen molar-refractivity contribution in [1.29, 1.82) is 0 Å². The summed E-state index contributed by atoms with van der Waals surface area (Å²) in [7, 11) is 0. The SMILES string of the molecule is C=C(C)C=C=CCc1ccccc1C. The highest BCUT2D eigenvalue weighted by Crippen LogP contribution is 2.07. The van der Waals surface area contributed by atoms with Crippen LogP contribution in [0.25, 0.3) is 0 Å². The maximum absolute atomic E-state index is 3.78. The molecule has 0 fully saturated rings. The summed E-state index contributed by atoms with van der Waals surface area (Å²) in [5.41, 5.74) is 6.84. The van der Waals surface area contributed by atoms with Crippen molar-refractivity contribution in [2.75, 3.05) is 0 Å². The van der Waals surface area contributed by atoms with E-state index in [-0.39, 0.29) is 0 Å². The minimum absolute atomic E-state index is 0.941. The Hall–Kier alpha value is -1.52. The van der Waals surface area contributed by atoms with Crippen molar-refractivity contribution in [1.82, 2.24) is 0 Å². The van der Waals surface area contributed by atoms with Crippen LogP contribution in [0.15, 0.2) is 54.3 Å². The molecule has 1 aromatic rings. The Morgan fingerprint density at radius 2 is 2.14 bits per heavy atom. The molecule has 0 aromatic heterocycles. The minimum atomic E-state index is 0.941. The molecule has 0 aliphatic carbocycles. The van der Waals surface area contributed by atoms with Gasteiger partial charge in [-0.2, -0.15) is 0 Å². The maximum atomic E-state index is 3.78. The molecule has 1 rings (SSSR count). The van der Waals surface area contributed by atoms with E-state index in [4.69, 9.17) is 0 Å². The molecule has 0 aliphatic rings. The minimum Gasteiger partial charge on any atom is -0.125 e. The normalized spacial score (nSPS) is 9.00. The second kappa shape index (κ2) is 5.26. The number of hydrogen-bond donors (Lipinski definition) is 0. The average Bonchev–Trinajstić information content (AvgIpc) is 2.15. The van der Waals surface area contributed by atoms with Gasteiger partial charge in [0.2, 0.25) is 0 Å². The van der Waals surface area contributed by atoms with Crippen molar-refractivity contribution in [3.63, 3.8) is 0 Å². The predicted octanol–water partition coefficient (Wildman–Crippen LogP) is 3.82. The largest absolute Gasteiger partial charge is 0.125 e. The highest BCUT2D eigenvalue weighted by Gasteiger charge is 1.91. The molecule has 1 aromatic carbocycles. The van der Waals surface area contributed by atoms with Crippen molar-refractivity contribution in [3.05, 3.63) is 65.4 Å². The van der Waals surface area contributed by atoms with Gasteiger partial charge in [0.05, 0.1) is 0 Å². The molecular formula is C14H16. The van der Waals surface area contributed by atoms with Gasteiger partial charge in [-0.05, 0) is 43.5 Å². The summed E-state index contributed by atoms with van der Waals surface area (Å²) in [5, 5.41) is 0. The molecule has 0 unspecified atom stereocenters. The fourth-order valence-corrected chi connectivity index (χ4v) is 1.21. The lowest BCUT2D eigenvalue weighted by Crippen LogP contribution is -1.84. The van der Waals surface area contributed by atoms with E-state index in [0.717, 1.165) is 12.0 Å². The number of rotatable bonds is 3. The van der Waals surface area contributed by atoms with Gasteiger partial charge in [0.25, 0.3) is 0 Å². The zero-order chi connectivity index (χ0) is 10.4. The van der Waals surface area contributed by atoms with Gasteiger partial charge >= 0.3 is 0 Å². The maximum Gasteiger partial charge on any atom is -0.00186 e. The van der Waals surface area contributed by atoms with E-state index in [1.54, 1.807) is 0 Å². The fraction of sp³-hybridized carbons (Fsp3) is 0.214. The molecule has 0 bridgehead atoms. The summed E-state index contributed by atoms with van der Waals surface area (Å²) < 4.78 is 0. The third kappa shape index (κ3) is 3.47. The van der Waals surface area contributed by atoms with Gasteiger partial charge < -0.3 is 0 Å². The van der Waals surface area contributed by atoms with Crippen LogP contribution in [0.1, 0.15) is 18.1 Å². The van der Waals surface area contributed by atoms with Crippen LogP contribution in [0.4, 0.5) is 0 Å². The van der Waals surface area contributed by atoms with Crippen LogP contribution < -0.4 is 0 Å². The van der Waals surface area contributed by atoms with E-state index in [1.807, 2.05) is 19.1 Å². The molecule has 0 atom stereocenters. The smallest absolute Gasteiger partial charge is 0.00186 e. The first kappa shape index (κ1) is 10.6.